The third-order valence-corrected chi connectivity index (χ3v) is 4.40. The first-order valence-electron chi connectivity index (χ1n) is 8.06. The molecule has 2 N–H and O–H groups in total. The third-order valence-electron chi connectivity index (χ3n) is 4.40. The number of methoxy groups -OCH3 is 1. The van der Waals surface area contributed by atoms with Crippen LogP contribution in [0, 0.1) is 19.3 Å². The fourth-order valence-electron chi connectivity index (χ4n) is 3.14. The van der Waals surface area contributed by atoms with Gasteiger partial charge in [0.1, 0.15) is 0 Å². The van der Waals surface area contributed by atoms with Crippen LogP contribution in [0.3, 0.4) is 0 Å². The molecule has 0 radical (unpaired) electrons. The number of aromatic nitrogens is 2. The van der Waals surface area contributed by atoms with Gasteiger partial charge in [0.15, 0.2) is 0 Å². The third kappa shape index (κ3) is 4.08. The second-order valence-corrected chi connectivity index (χ2v) is 6.22. The first kappa shape index (κ1) is 17.0. The zero-order valence-corrected chi connectivity index (χ0v) is 13.9. The molecule has 22 heavy (non-hydrogen) atoms. The fourth-order valence-corrected chi connectivity index (χ4v) is 3.14. The Morgan fingerprint density at radius 1 is 1.45 bits per heavy atom. The Kier molecular flexibility index (Phi) is 5.97. The summed E-state index contributed by atoms with van der Waals surface area (Å²) in [7, 11) is 1.67. The van der Waals surface area contributed by atoms with Gasteiger partial charge in [-0.05, 0) is 52.3 Å². The minimum atomic E-state index is -0.363. The number of carbonyl (C=O) groups is 1. The highest BCUT2D eigenvalue weighted by Crippen LogP contribution is 2.29. The van der Waals surface area contributed by atoms with Crippen molar-refractivity contribution < 1.29 is 9.53 Å². The number of ether oxygens (including phenoxy) is 1. The highest BCUT2D eigenvalue weighted by atomic mass is 16.5. The van der Waals surface area contributed by atoms with Gasteiger partial charge in [-0.25, -0.2) is 0 Å². The first-order valence-corrected chi connectivity index (χ1v) is 8.06. The molecular weight excluding hydrogens is 280 g/mol. The van der Waals surface area contributed by atoms with Gasteiger partial charge in [0.05, 0.1) is 17.7 Å². The molecule has 1 aromatic heterocycles. The van der Waals surface area contributed by atoms with Gasteiger partial charge in [0.2, 0.25) is 5.91 Å². The van der Waals surface area contributed by atoms with E-state index in [9.17, 15) is 4.79 Å². The van der Waals surface area contributed by atoms with Crippen LogP contribution in [0.1, 0.15) is 30.7 Å². The van der Waals surface area contributed by atoms with Crippen molar-refractivity contribution in [1.29, 1.82) is 0 Å². The van der Waals surface area contributed by atoms with Gasteiger partial charge in [-0.15, -0.1) is 0 Å². The van der Waals surface area contributed by atoms with Gasteiger partial charge in [0, 0.05) is 25.9 Å². The lowest BCUT2D eigenvalue weighted by Gasteiger charge is -2.35. The molecule has 2 heterocycles. The van der Waals surface area contributed by atoms with E-state index in [-0.39, 0.29) is 11.3 Å². The van der Waals surface area contributed by atoms with Crippen molar-refractivity contribution in [2.45, 2.75) is 39.7 Å². The van der Waals surface area contributed by atoms with E-state index in [1.54, 1.807) is 7.11 Å². The number of nitrogens with one attached hydrogen (secondary N) is 2. The van der Waals surface area contributed by atoms with Crippen molar-refractivity contribution in [3.63, 3.8) is 0 Å². The Hall–Kier alpha value is -1.40. The number of amides is 1. The number of piperidine rings is 1. The summed E-state index contributed by atoms with van der Waals surface area (Å²) < 4.78 is 7.29. The van der Waals surface area contributed by atoms with Crippen LogP contribution in [0.15, 0.2) is 6.07 Å². The summed E-state index contributed by atoms with van der Waals surface area (Å²) in [6.07, 6.45) is 2.56. The lowest BCUT2D eigenvalue weighted by atomic mass is 9.78. The number of carbonyl (C=O) groups excluding carboxylic acids is 1. The van der Waals surface area contributed by atoms with Crippen molar-refractivity contribution in [1.82, 2.24) is 20.4 Å². The van der Waals surface area contributed by atoms with Gasteiger partial charge >= 0.3 is 0 Å². The second-order valence-electron chi connectivity index (χ2n) is 6.22. The molecule has 0 saturated carbocycles. The number of nitrogens with zero attached hydrogens (tertiary/aromatic N) is 2. The molecule has 1 aliphatic rings. The smallest absolute Gasteiger partial charge is 0.228 e. The molecule has 6 heteroatoms. The van der Waals surface area contributed by atoms with Crippen molar-refractivity contribution in [3.8, 4) is 0 Å². The largest absolute Gasteiger partial charge is 0.384 e. The minimum absolute atomic E-state index is 0.129. The van der Waals surface area contributed by atoms with E-state index >= 15 is 0 Å². The summed E-state index contributed by atoms with van der Waals surface area (Å²) in [4.78, 5) is 12.6. The number of hydrogen-bond donors (Lipinski definition) is 2. The number of rotatable bonds is 7. The zero-order valence-electron chi connectivity index (χ0n) is 13.9. The summed E-state index contributed by atoms with van der Waals surface area (Å²) in [5.74, 6) is 0.129. The van der Waals surface area contributed by atoms with Crippen LogP contribution in [0.2, 0.25) is 0 Å². The lowest BCUT2D eigenvalue weighted by Crippen LogP contribution is -2.50. The molecule has 1 aliphatic heterocycles. The maximum Gasteiger partial charge on any atom is 0.228 e. The SMILES string of the molecule is COCC1(C(=O)NCCCn2nc(C)cc2C)CCNCC1. The van der Waals surface area contributed by atoms with Gasteiger partial charge in [0.25, 0.3) is 0 Å². The Labute approximate surface area is 132 Å². The maximum absolute atomic E-state index is 12.6. The van der Waals surface area contributed by atoms with Crippen molar-refractivity contribution in [2.24, 2.45) is 5.41 Å². The molecule has 1 saturated heterocycles. The second kappa shape index (κ2) is 7.74. The highest BCUT2D eigenvalue weighted by Gasteiger charge is 2.39. The average Bonchev–Trinajstić information content (AvgIpc) is 2.82. The van der Waals surface area contributed by atoms with E-state index in [1.165, 1.54) is 0 Å². The zero-order chi connectivity index (χ0) is 16.0. The van der Waals surface area contributed by atoms with E-state index in [0.29, 0.717) is 13.2 Å². The van der Waals surface area contributed by atoms with Crippen LogP contribution in [0.4, 0.5) is 0 Å². The predicted octanol–water partition coefficient (Wildman–Crippen LogP) is 1.02. The Bertz CT molecular complexity index is 487. The maximum atomic E-state index is 12.6. The van der Waals surface area contributed by atoms with Crippen LogP contribution in [0.25, 0.3) is 0 Å². The summed E-state index contributed by atoms with van der Waals surface area (Å²) in [5.41, 5.74) is 1.84. The van der Waals surface area contributed by atoms with Gasteiger partial charge in [-0.1, -0.05) is 0 Å². The van der Waals surface area contributed by atoms with E-state index in [0.717, 1.165) is 50.3 Å². The van der Waals surface area contributed by atoms with Crippen molar-refractivity contribution >= 4 is 5.91 Å². The molecule has 0 bridgehead atoms. The van der Waals surface area contributed by atoms with Gasteiger partial charge in [-0.3, -0.25) is 9.48 Å². The van der Waals surface area contributed by atoms with Crippen LogP contribution >= 0.6 is 0 Å². The van der Waals surface area contributed by atoms with Crippen molar-refractivity contribution in [2.75, 3.05) is 33.4 Å². The summed E-state index contributed by atoms with van der Waals surface area (Å²) >= 11 is 0. The molecule has 1 fully saturated rings. The standard InChI is InChI=1S/C16H28N4O2/c1-13-11-14(2)20(19-13)10-4-7-18-15(21)16(12-22-3)5-8-17-9-6-16/h11,17H,4-10,12H2,1-3H3,(H,18,21). The molecule has 1 aromatic rings. The number of aryl methyl sites for hydroxylation is 3. The van der Waals surface area contributed by atoms with E-state index in [1.807, 2.05) is 11.6 Å². The summed E-state index contributed by atoms with van der Waals surface area (Å²) in [6.45, 7) is 7.82. The minimum Gasteiger partial charge on any atom is -0.384 e. The van der Waals surface area contributed by atoms with Gasteiger partial charge < -0.3 is 15.4 Å². The Balaban J connectivity index is 1.79. The van der Waals surface area contributed by atoms with E-state index in [2.05, 4.69) is 28.7 Å². The summed E-state index contributed by atoms with van der Waals surface area (Å²) in [6, 6.07) is 2.07. The molecule has 0 aromatic carbocycles. The van der Waals surface area contributed by atoms with Crippen LogP contribution < -0.4 is 10.6 Å². The number of hydrogen-bond acceptors (Lipinski definition) is 4. The van der Waals surface area contributed by atoms with Crippen molar-refractivity contribution in [3.05, 3.63) is 17.5 Å². The van der Waals surface area contributed by atoms with E-state index in [4.69, 9.17) is 4.74 Å². The molecule has 124 valence electrons. The molecule has 0 spiro atoms. The summed E-state index contributed by atoms with van der Waals surface area (Å²) in [5, 5.41) is 10.8. The Morgan fingerprint density at radius 2 is 2.18 bits per heavy atom. The molecule has 0 unspecified atom stereocenters. The fraction of sp³-hybridized carbons (Fsp3) is 0.750. The molecule has 1 amide bonds. The monoisotopic (exact) mass is 308 g/mol. The van der Waals surface area contributed by atoms with Crippen LogP contribution in [0.5, 0.6) is 0 Å². The predicted molar refractivity (Wildman–Crippen MR) is 85.7 cm³/mol. The topological polar surface area (TPSA) is 68.2 Å². The Morgan fingerprint density at radius 3 is 2.77 bits per heavy atom. The van der Waals surface area contributed by atoms with Gasteiger partial charge in [-0.2, -0.15) is 5.10 Å². The highest BCUT2D eigenvalue weighted by molar-refractivity contribution is 5.82. The molecule has 0 aliphatic carbocycles. The molecule has 6 nitrogen and oxygen atoms in total. The van der Waals surface area contributed by atoms with E-state index < -0.39 is 0 Å². The lowest BCUT2D eigenvalue weighted by molar-refractivity contribution is -0.136. The normalized spacial score (nSPS) is 17.4. The molecular formula is C16H28N4O2. The molecule has 0 atom stereocenters. The first-order chi connectivity index (χ1) is 10.6. The van der Waals surface area contributed by atoms with Crippen LogP contribution in [-0.4, -0.2) is 49.0 Å². The van der Waals surface area contributed by atoms with Crippen LogP contribution in [-0.2, 0) is 16.1 Å². The average molecular weight is 308 g/mol. The quantitative estimate of drug-likeness (QED) is 0.738. The molecule has 2 rings (SSSR count).